The number of nitrogens with one attached hydrogen (secondary N) is 1. The minimum Gasteiger partial charge on any atom is -0.385 e. The van der Waals surface area contributed by atoms with E-state index in [2.05, 4.69) is 12.2 Å². The predicted octanol–water partition coefficient (Wildman–Crippen LogP) is 3.30. The summed E-state index contributed by atoms with van der Waals surface area (Å²) in [5.74, 6) is 0. The van der Waals surface area contributed by atoms with Crippen molar-refractivity contribution < 1.29 is 13.0 Å². The molecule has 0 aliphatic heterocycles. The summed E-state index contributed by atoms with van der Waals surface area (Å²) in [6, 6.07) is 10.3. The van der Waals surface area contributed by atoms with E-state index in [0.29, 0.717) is 0 Å². The largest absolute Gasteiger partial charge is 0.385 e. The summed E-state index contributed by atoms with van der Waals surface area (Å²) in [5, 5.41) is 5.03. The summed E-state index contributed by atoms with van der Waals surface area (Å²) in [6.45, 7) is 2.95. The lowest BCUT2D eigenvalue weighted by Crippen LogP contribution is -2.02. The molecule has 2 aromatic rings. The predicted molar refractivity (Wildman–Crippen MR) is 77.2 cm³/mol. The van der Waals surface area contributed by atoms with Crippen LogP contribution in [0.2, 0.25) is 0 Å². The van der Waals surface area contributed by atoms with Gasteiger partial charge in [-0.15, -0.1) is 0 Å². The van der Waals surface area contributed by atoms with E-state index in [0.717, 1.165) is 35.8 Å². The maximum absolute atomic E-state index is 11.2. The molecule has 0 aliphatic carbocycles. The first-order valence-electron chi connectivity index (χ1n) is 6.26. The van der Waals surface area contributed by atoms with Crippen LogP contribution >= 0.6 is 0 Å². The Morgan fingerprint density at radius 2 is 2.00 bits per heavy atom. The fourth-order valence-corrected chi connectivity index (χ4v) is 2.47. The lowest BCUT2D eigenvalue weighted by Gasteiger charge is -2.10. The van der Waals surface area contributed by atoms with Crippen LogP contribution in [0.15, 0.2) is 41.3 Å². The van der Waals surface area contributed by atoms with Gasteiger partial charge in [-0.1, -0.05) is 31.5 Å². The molecule has 4 nitrogen and oxygen atoms in total. The molecule has 2 rings (SSSR count). The molecule has 0 amide bonds. The molecule has 19 heavy (non-hydrogen) atoms. The monoisotopic (exact) mass is 279 g/mol. The molecule has 0 spiro atoms. The van der Waals surface area contributed by atoms with Crippen LogP contribution < -0.4 is 5.32 Å². The van der Waals surface area contributed by atoms with Crippen molar-refractivity contribution in [2.24, 2.45) is 0 Å². The number of rotatable bonds is 5. The molecule has 0 aromatic heterocycles. The number of fused-ring (bicyclic) bond motifs is 1. The molecule has 0 fully saturated rings. The first-order valence-corrected chi connectivity index (χ1v) is 7.70. The van der Waals surface area contributed by atoms with Crippen LogP contribution in [-0.2, 0) is 10.1 Å². The molecule has 2 aromatic carbocycles. The number of anilines is 1. The Hall–Kier alpha value is -1.59. The quantitative estimate of drug-likeness (QED) is 0.651. The van der Waals surface area contributed by atoms with Crippen LogP contribution in [0.25, 0.3) is 10.8 Å². The van der Waals surface area contributed by atoms with Gasteiger partial charge in [0.05, 0.1) is 4.90 Å². The minimum atomic E-state index is -4.16. The highest BCUT2D eigenvalue weighted by Crippen LogP contribution is 2.26. The number of hydrogen-bond acceptors (Lipinski definition) is 3. The van der Waals surface area contributed by atoms with Crippen LogP contribution in [-0.4, -0.2) is 19.5 Å². The lowest BCUT2D eigenvalue weighted by molar-refractivity contribution is 0.483. The molecule has 102 valence electrons. The second-order valence-corrected chi connectivity index (χ2v) is 5.87. The van der Waals surface area contributed by atoms with Gasteiger partial charge in [-0.05, 0) is 30.0 Å². The Bertz CT molecular complexity index is 680. The van der Waals surface area contributed by atoms with E-state index in [4.69, 9.17) is 4.55 Å². The first-order chi connectivity index (χ1) is 9.02. The molecule has 0 bridgehead atoms. The van der Waals surface area contributed by atoms with E-state index in [1.54, 1.807) is 6.07 Å². The van der Waals surface area contributed by atoms with Gasteiger partial charge in [0.25, 0.3) is 10.1 Å². The molecule has 0 saturated carbocycles. The summed E-state index contributed by atoms with van der Waals surface area (Å²) < 4.78 is 31.5. The molecule has 0 atom stereocenters. The number of hydrogen-bond donors (Lipinski definition) is 2. The van der Waals surface area contributed by atoms with Gasteiger partial charge in [-0.2, -0.15) is 8.42 Å². The molecule has 0 unspecified atom stereocenters. The van der Waals surface area contributed by atoms with Crippen molar-refractivity contribution in [3.63, 3.8) is 0 Å². The summed E-state index contributed by atoms with van der Waals surface area (Å²) >= 11 is 0. The van der Waals surface area contributed by atoms with Crippen molar-refractivity contribution in [1.29, 1.82) is 0 Å². The summed E-state index contributed by atoms with van der Waals surface area (Å²) in [5.41, 5.74) is 0.886. The summed E-state index contributed by atoms with van der Waals surface area (Å²) in [6.07, 6.45) is 2.14. The van der Waals surface area contributed by atoms with Gasteiger partial charge >= 0.3 is 0 Å². The third-order valence-electron chi connectivity index (χ3n) is 3.00. The number of benzene rings is 2. The number of unbranched alkanes of at least 4 members (excludes halogenated alkanes) is 1. The SMILES string of the molecule is CCCCNc1cccc2ccc(S(=O)(=O)O)cc12. The van der Waals surface area contributed by atoms with Gasteiger partial charge in [0.15, 0.2) is 0 Å². The van der Waals surface area contributed by atoms with Crippen molar-refractivity contribution in [2.75, 3.05) is 11.9 Å². The van der Waals surface area contributed by atoms with Crippen molar-refractivity contribution in [3.8, 4) is 0 Å². The molecular weight excluding hydrogens is 262 g/mol. The Labute approximate surface area is 113 Å². The highest BCUT2D eigenvalue weighted by Gasteiger charge is 2.11. The molecule has 5 heteroatoms. The normalized spacial score (nSPS) is 11.7. The summed E-state index contributed by atoms with van der Waals surface area (Å²) in [7, 11) is -4.16. The Balaban J connectivity index is 2.46. The van der Waals surface area contributed by atoms with Crippen LogP contribution in [0, 0.1) is 0 Å². The standard InChI is InChI=1S/C14H17NO3S/c1-2-3-9-15-14-6-4-5-11-7-8-12(10-13(11)14)19(16,17)18/h4-8,10,15H,2-3,9H2,1H3,(H,16,17,18). The van der Waals surface area contributed by atoms with E-state index in [1.807, 2.05) is 18.2 Å². The molecular formula is C14H17NO3S. The van der Waals surface area contributed by atoms with Gasteiger partial charge < -0.3 is 5.32 Å². The van der Waals surface area contributed by atoms with E-state index in [-0.39, 0.29) is 4.90 Å². The summed E-state index contributed by atoms with van der Waals surface area (Å²) in [4.78, 5) is -0.0789. The first kappa shape index (κ1) is 13.8. The van der Waals surface area contributed by atoms with E-state index >= 15 is 0 Å². The zero-order valence-corrected chi connectivity index (χ0v) is 11.6. The van der Waals surface area contributed by atoms with Crippen molar-refractivity contribution in [1.82, 2.24) is 0 Å². The molecule has 2 N–H and O–H groups in total. The fraction of sp³-hybridized carbons (Fsp3) is 0.286. The maximum Gasteiger partial charge on any atom is 0.294 e. The fourth-order valence-electron chi connectivity index (χ4n) is 1.97. The lowest BCUT2D eigenvalue weighted by atomic mass is 10.1. The van der Waals surface area contributed by atoms with E-state index in [9.17, 15) is 8.42 Å². The Kier molecular flexibility index (Phi) is 4.07. The van der Waals surface area contributed by atoms with Crippen molar-refractivity contribution >= 4 is 26.6 Å². The minimum absolute atomic E-state index is 0.0789. The molecule has 0 aliphatic rings. The zero-order valence-electron chi connectivity index (χ0n) is 10.8. The average Bonchev–Trinajstić information content (AvgIpc) is 2.37. The highest BCUT2D eigenvalue weighted by atomic mass is 32.2. The van der Waals surface area contributed by atoms with Crippen LogP contribution in [0.3, 0.4) is 0 Å². The zero-order chi connectivity index (χ0) is 13.9. The van der Waals surface area contributed by atoms with Crippen LogP contribution in [0.4, 0.5) is 5.69 Å². The highest BCUT2D eigenvalue weighted by molar-refractivity contribution is 7.85. The van der Waals surface area contributed by atoms with Gasteiger partial charge in [-0.25, -0.2) is 0 Å². The van der Waals surface area contributed by atoms with Gasteiger partial charge in [-0.3, -0.25) is 4.55 Å². The van der Waals surface area contributed by atoms with E-state index in [1.165, 1.54) is 12.1 Å². The second-order valence-electron chi connectivity index (χ2n) is 4.44. The smallest absolute Gasteiger partial charge is 0.294 e. The van der Waals surface area contributed by atoms with Gasteiger partial charge in [0.1, 0.15) is 0 Å². The van der Waals surface area contributed by atoms with Crippen LogP contribution in [0.1, 0.15) is 19.8 Å². The van der Waals surface area contributed by atoms with Gasteiger partial charge in [0.2, 0.25) is 0 Å². The average molecular weight is 279 g/mol. The molecule has 0 radical (unpaired) electrons. The van der Waals surface area contributed by atoms with E-state index < -0.39 is 10.1 Å². The maximum atomic E-state index is 11.2. The topological polar surface area (TPSA) is 66.4 Å². The van der Waals surface area contributed by atoms with Crippen molar-refractivity contribution in [3.05, 3.63) is 36.4 Å². The Morgan fingerprint density at radius 3 is 2.68 bits per heavy atom. The Morgan fingerprint density at radius 1 is 1.21 bits per heavy atom. The third-order valence-corrected chi connectivity index (χ3v) is 3.85. The van der Waals surface area contributed by atoms with Gasteiger partial charge in [0, 0.05) is 17.6 Å². The van der Waals surface area contributed by atoms with Crippen molar-refractivity contribution in [2.45, 2.75) is 24.7 Å². The molecule has 0 heterocycles. The van der Waals surface area contributed by atoms with Crippen LogP contribution in [0.5, 0.6) is 0 Å². The second kappa shape index (κ2) is 5.59. The third kappa shape index (κ3) is 3.24. The molecule has 0 saturated heterocycles.